The van der Waals surface area contributed by atoms with Gasteiger partial charge in [-0.1, -0.05) is 11.6 Å². The van der Waals surface area contributed by atoms with Gasteiger partial charge in [-0.3, -0.25) is 9.59 Å². The van der Waals surface area contributed by atoms with Crippen molar-refractivity contribution < 1.29 is 28.2 Å². The molecule has 0 aliphatic carbocycles. The first kappa shape index (κ1) is 17.7. The third kappa shape index (κ3) is 2.77. The van der Waals surface area contributed by atoms with Crippen LogP contribution < -0.4 is 10.2 Å². The van der Waals surface area contributed by atoms with Crippen LogP contribution in [0.1, 0.15) is 19.4 Å². The number of nitrogens with one attached hydrogen (secondary N) is 1. The van der Waals surface area contributed by atoms with Crippen molar-refractivity contribution in [2.45, 2.75) is 44.5 Å². The van der Waals surface area contributed by atoms with E-state index < -0.39 is 29.9 Å². The van der Waals surface area contributed by atoms with Gasteiger partial charge in [0.05, 0.1) is 23.9 Å². The number of carbonyl (C=O) groups excluding carboxylic acids is 2. The Kier molecular flexibility index (Phi) is 4.18. The van der Waals surface area contributed by atoms with E-state index in [0.29, 0.717) is 11.3 Å². The van der Waals surface area contributed by atoms with Gasteiger partial charge in [0.2, 0.25) is 0 Å². The Morgan fingerprint density at radius 1 is 1.38 bits per heavy atom. The van der Waals surface area contributed by atoms with Crippen LogP contribution in [0.3, 0.4) is 0 Å². The van der Waals surface area contributed by atoms with Crippen LogP contribution in [-0.4, -0.2) is 49.0 Å². The lowest BCUT2D eigenvalue weighted by Gasteiger charge is -2.28. The summed E-state index contributed by atoms with van der Waals surface area (Å²) >= 11 is 6.06. The first-order valence-electron chi connectivity index (χ1n) is 8.30. The van der Waals surface area contributed by atoms with Crippen molar-refractivity contribution in [3.63, 3.8) is 0 Å². The van der Waals surface area contributed by atoms with E-state index in [1.807, 2.05) is 0 Å². The van der Waals surface area contributed by atoms with Gasteiger partial charge in [0.1, 0.15) is 18.0 Å². The summed E-state index contributed by atoms with van der Waals surface area (Å²) in [4.78, 5) is 26.8. The lowest BCUT2D eigenvalue weighted by atomic mass is 10.1. The van der Waals surface area contributed by atoms with Crippen molar-refractivity contribution in [1.29, 1.82) is 0 Å². The van der Waals surface area contributed by atoms with Crippen LogP contribution in [0, 0.1) is 5.82 Å². The van der Waals surface area contributed by atoms with Crippen molar-refractivity contribution in [1.82, 2.24) is 5.32 Å². The van der Waals surface area contributed by atoms with Crippen molar-refractivity contribution in [2.24, 2.45) is 0 Å². The van der Waals surface area contributed by atoms with E-state index in [-0.39, 0.29) is 36.6 Å². The molecule has 7 nitrogen and oxygen atoms in total. The predicted molar refractivity (Wildman–Crippen MR) is 89.2 cm³/mol. The summed E-state index contributed by atoms with van der Waals surface area (Å²) in [6.45, 7) is 4.00. The third-order valence-corrected chi connectivity index (χ3v) is 5.12. The van der Waals surface area contributed by atoms with Crippen molar-refractivity contribution in [3.05, 3.63) is 28.5 Å². The predicted octanol–water partition coefficient (Wildman–Crippen LogP) is 1.36. The molecular weight excluding hydrogens is 367 g/mol. The normalized spacial score (nSPS) is 29.8. The molecule has 140 valence electrons. The number of carbonyl (C=O) groups is 2. The van der Waals surface area contributed by atoms with Crippen molar-refractivity contribution in [3.8, 4) is 0 Å². The second kappa shape index (κ2) is 6.16. The van der Waals surface area contributed by atoms with Crippen LogP contribution in [0.4, 0.5) is 10.1 Å². The second-order valence-electron chi connectivity index (χ2n) is 6.91. The maximum absolute atomic E-state index is 13.8. The summed E-state index contributed by atoms with van der Waals surface area (Å²) in [5.41, 5.74) is 0.872. The van der Waals surface area contributed by atoms with E-state index in [2.05, 4.69) is 5.32 Å². The highest BCUT2D eigenvalue weighted by Gasteiger charge is 2.57. The number of halogens is 2. The second-order valence-corrected chi connectivity index (χ2v) is 7.29. The largest absolute Gasteiger partial charge is 0.375 e. The zero-order valence-electron chi connectivity index (χ0n) is 14.3. The van der Waals surface area contributed by atoms with Gasteiger partial charge in [-0.15, -0.1) is 0 Å². The summed E-state index contributed by atoms with van der Waals surface area (Å²) in [6, 6.07) is 1.80. The smallest absolute Gasteiger partial charge is 0.252 e. The summed E-state index contributed by atoms with van der Waals surface area (Å²) in [5, 5.41) is 2.57. The molecular formula is C17H18ClFN2O5. The van der Waals surface area contributed by atoms with Crippen LogP contribution in [0.25, 0.3) is 0 Å². The molecule has 0 radical (unpaired) electrons. The fraction of sp³-hybridized carbons (Fsp3) is 0.529. The van der Waals surface area contributed by atoms with Gasteiger partial charge < -0.3 is 24.4 Å². The number of fused-ring (bicyclic) bond motifs is 2. The molecule has 1 N–H and O–H groups in total. The molecule has 3 heterocycles. The summed E-state index contributed by atoms with van der Waals surface area (Å²) in [7, 11) is 0. The molecule has 1 aromatic carbocycles. The molecule has 0 spiro atoms. The number of amides is 2. The zero-order chi connectivity index (χ0) is 18.6. The molecule has 0 aromatic heterocycles. The van der Waals surface area contributed by atoms with Gasteiger partial charge in [-0.25, -0.2) is 4.39 Å². The Balaban J connectivity index is 1.67. The Morgan fingerprint density at radius 3 is 2.92 bits per heavy atom. The number of anilines is 1. The molecule has 2 fully saturated rings. The van der Waals surface area contributed by atoms with Gasteiger partial charge in [-0.05, 0) is 26.0 Å². The minimum atomic E-state index is -0.947. The van der Waals surface area contributed by atoms with Crippen LogP contribution in [0.2, 0.25) is 5.02 Å². The van der Waals surface area contributed by atoms with Crippen molar-refractivity contribution >= 4 is 29.1 Å². The minimum Gasteiger partial charge on any atom is -0.375 e. The van der Waals surface area contributed by atoms with Gasteiger partial charge in [0, 0.05) is 12.1 Å². The first-order valence-corrected chi connectivity index (χ1v) is 8.68. The molecule has 0 unspecified atom stereocenters. The average Bonchev–Trinajstić information content (AvgIpc) is 2.95. The Bertz CT molecular complexity index is 787. The number of hydrogen-bond acceptors (Lipinski definition) is 5. The van der Waals surface area contributed by atoms with Gasteiger partial charge >= 0.3 is 0 Å². The molecule has 3 atom stereocenters. The molecule has 3 aliphatic rings. The molecule has 0 bridgehead atoms. The Labute approximate surface area is 154 Å². The molecule has 3 aliphatic heterocycles. The van der Waals surface area contributed by atoms with Crippen molar-refractivity contribution in [2.75, 3.05) is 18.1 Å². The monoisotopic (exact) mass is 384 g/mol. The van der Waals surface area contributed by atoms with E-state index in [9.17, 15) is 14.0 Å². The fourth-order valence-electron chi connectivity index (χ4n) is 3.58. The first-order chi connectivity index (χ1) is 12.3. The summed E-state index contributed by atoms with van der Waals surface area (Å²) in [5.74, 6) is -2.28. The molecule has 2 amide bonds. The average molecular weight is 385 g/mol. The standard InChI is InChI=1S/C17H18ClFN2O5/c1-17(2)25-13-12(20-15(22)14(13)26-17)16(23)21-5-6-24-7-8-10(21)4-3-9(19)11(8)18/h3-4,12-14H,5-7H2,1-2H3,(H,20,22)/t12-,13-,14-/m0/s1. The van der Waals surface area contributed by atoms with Crippen LogP contribution in [-0.2, 0) is 30.4 Å². The highest BCUT2D eigenvalue weighted by atomic mass is 35.5. The lowest BCUT2D eigenvalue weighted by molar-refractivity contribution is -0.164. The Hall–Kier alpha value is -1.74. The van der Waals surface area contributed by atoms with Crippen LogP contribution in [0.15, 0.2) is 12.1 Å². The lowest BCUT2D eigenvalue weighted by Crippen LogP contribution is -2.51. The van der Waals surface area contributed by atoms with Crippen LogP contribution in [0.5, 0.6) is 0 Å². The highest BCUT2D eigenvalue weighted by Crippen LogP contribution is 2.36. The number of benzene rings is 1. The SMILES string of the molecule is CC1(C)O[C@H]2[C@@H](C(=O)N3CCOCc4c3ccc(F)c4Cl)NC(=O)[C@H]2O1. The molecule has 9 heteroatoms. The van der Waals surface area contributed by atoms with E-state index in [1.165, 1.54) is 17.0 Å². The van der Waals surface area contributed by atoms with Crippen LogP contribution >= 0.6 is 11.6 Å². The summed E-state index contributed by atoms with van der Waals surface area (Å²) in [6.07, 6.45) is -1.56. The number of rotatable bonds is 1. The highest BCUT2D eigenvalue weighted by molar-refractivity contribution is 6.32. The quantitative estimate of drug-likeness (QED) is 0.791. The molecule has 1 aromatic rings. The number of nitrogens with zero attached hydrogens (tertiary/aromatic N) is 1. The van der Waals surface area contributed by atoms with Gasteiger partial charge in [-0.2, -0.15) is 0 Å². The topological polar surface area (TPSA) is 77.1 Å². The maximum atomic E-state index is 13.8. The van der Waals surface area contributed by atoms with E-state index in [0.717, 1.165) is 0 Å². The van der Waals surface area contributed by atoms with Gasteiger partial charge in [0.25, 0.3) is 11.8 Å². The minimum absolute atomic E-state index is 0.0721. The zero-order valence-corrected chi connectivity index (χ0v) is 15.0. The Morgan fingerprint density at radius 2 is 2.15 bits per heavy atom. The fourth-order valence-corrected chi connectivity index (χ4v) is 3.79. The maximum Gasteiger partial charge on any atom is 0.252 e. The summed E-state index contributed by atoms with van der Waals surface area (Å²) < 4.78 is 30.6. The number of ether oxygens (including phenoxy) is 3. The van der Waals surface area contributed by atoms with E-state index >= 15 is 0 Å². The third-order valence-electron chi connectivity index (χ3n) is 4.71. The molecule has 2 saturated heterocycles. The molecule has 4 rings (SSSR count). The molecule has 0 saturated carbocycles. The van der Waals surface area contributed by atoms with E-state index in [1.54, 1.807) is 13.8 Å². The van der Waals surface area contributed by atoms with Gasteiger partial charge in [0.15, 0.2) is 11.9 Å². The molecule has 26 heavy (non-hydrogen) atoms. The number of hydrogen-bond donors (Lipinski definition) is 1. The van der Waals surface area contributed by atoms with E-state index in [4.69, 9.17) is 25.8 Å².